The van der Waals surface area contributed by atoms with Crippen molar-refractivity contribution in [3.05, 3.63) is 35.4 Å². The molecular weight excluding hydrogens is 309 g/mol. The van der Waals surface area contributed by atoms with Crippen LogP contribution in [0, 0.1) is 0 Å². The lowest BCUT2D eigenvalue weighted by atomic mass is 10.0. The fourth-order valence-corrected chi connectivity index (χ4v) is 3.29. The van der Waals surface area contributed by atoms with E-state index in [0.29, 0.717) is 13.2 Å². The van der Waals surface area contributed by atoms with Gasteiger partial charge in [-0.1, -0.05) is 12.1 Å². The molecule has 3 rings (SSSR count). The zero-order valence-electron chi connectivity index (χ0n) is 12.6. The molecule has 23 heavy (non-hydrogen) atoms. The number of carbonyl (C=O) groups is 1. The van der Waals surface area contributed by atoms with Crippen molar-refractivity contribution in [2.45, 2.75) is 31.1 Å². The molecule has 2 saturated heterocycles. The molecule has 0 unspecified atom stereocenters. The molecule has 0 aromatic heterocycles. The van der Waals surface area contributed by atoms with Crippen LogP contribution >= 0.6 is 0 Å². The average molecular weight is 328 g/mol. The van der Waals surface area contributed by atoms with Gasteiger partial charge in [0.1, 0.15) is 0 Å². The van der Waals surface area contributed by atoms with Gasteiger partial charge in [-0.25, -0.2) is 0 Å². The van der Waals surface area contributed by atoms with E-state index in [2.05, 4.69) is 10.2 Å². The zero-order valence-corrected chi connectivity index (χ0v) is 12.6. The van der Waals surface area contributed by atoms with Gasteiger partial charge in [0.05, 0.1) is 36.4 Å². The maximum atomic E-state index is 13.0. The standard InChI is InChI=1S/C16H19F3N2O2/c17-16(18,19)12-6-2-1-5-11(12)15(22)20-13-9-23-10-14(13)21-7-3-4-8-21/h1-2,5-6,13-14H,3-4,7-10H2,(H,20,22)/t13-,14-/m0/s1. The van der Waals surface area contributed by atoms with E-state index in [1.165, 1.54) is 18.2 Å². The summed E-state index contributed by atoms with van der Waals surface area (Å²) >= 11 is 0. The highest BCUT2D eigenvalue weighted by Crippen LogP contribution is 2.32. The molecule has 2 aliphatic heterocycles. The number of amides is 1. The largest absolute Gasteiger partial charge is 0.417 e. The Hall–Kier alpha value is -1.60. The second-order valence-electron chi connectivity index (χ2n) is 5.97. The lowest BCUT2D eigenvalue weighted by Gasteiger charge is -2.28. The van der Waals surface area contributed by atoms with Crippen LogP contribution in [-0.2, 0) is 10.9 Å². The van der Waals surface area contributed by atoms with Crippen LogP contribution < -0.4 is 5.32 Å². The molecule has 7 heteroatoms. The van der Waals surface area contributed by atoms with Crippen molar-refractivity contribution in [2.75, 3.05) is 26.3 Å². The van der Waals surface area contributed by atoms with Crippen LogP contribution in [0.15, 0.2) is 24.3 Å². The predicted molar refractivity (Wildman–Crippen MR) is 78.1 cm³/mol. The van der Waals surface area contributed by atoms with Gasteiger partial charge < -0.3 is 10.1 Å². The predicted octanol–water partition coefficient (Wildman–Crippen LogP) is 2.30. The molecule has 1 aromatic rings. The zero-order chi connectivity index (χ0) is 16.4. The van der Waals surface area contributed by atoms with Crippen molar-refractivity contribution in [3.63, 3.8) is 0 Å². The molecular formula is C16H19F3N2O2. The Kier molecular flexibility index (Phi) is 4.59. The first-order chi connectivity index (χ1) is 11.0. The summed E-state index contributed by atoms with van der Waals surface area (Å²) in [4.78, 5) is 14.6. The summed E-state index contributed by atoms with van der Waals surface area (Å²) in [5.41, 5.74) is -1.25. The molecule has 2 atom stereocenters. The van der Waals surface area contributed by atoms with Crippen molar-refractivity contribution < 1.29 is 22.7 Å². The van der Waals surface area contributed by atoms with Gasteiger partial charge in [-0.05, 0) is 38.1 Å². The van der Waals surface area contributed by atoms with Gasteiger partial charge >= 0.3 is 6.18 Å². The van der Waals surface area contributed by atoms with Crippen LogP contribution in [0.1, 0.15) is 28.8 Å². The molecule has 1 N–H and O–H groups in total. The second-order valence-corrected chi connectivity index (χ2v) is 5.97. The van der Waals surface area contributed by atoms with Crippen LogP contribution in [0.4, 0.5) is 13.2 Å². The topological polar surface area (TPSA) is 41.6 Å². The average Bonchev–Trinajstić information content (AvgIpc) is 3.17. The Morgan fingerprint density at radius 2 is 1.87 bits per heavy atom. The summed E-state index contributed by atoms with van der Waals surface area (Å²) in [5, 5.41) is 2.73. The van der Waals surface area contributed by atoms with E-state index in [0.717, 1.165) is 32.0 Å². The fourth-order valence-electron chi connectivity index (χ4n) is 3.29. The molecule has 4 nitrogen and oxygen atoms in total. The smallest absolute Gasteiger partial charge is 0.378 e. The number of benzene rings is 1. The minimum Gasteiger partial charge on any atom is -0.378 e. The van der Waals surface area contributed by atoms with E-state index in [9.17, 15) is 18.0 Å². The normalized spacial score (nSPS) is 25.7. The van der Waals surface area contributed by atoms with Crippen LogP contribution in [0.3, 0.4) is 0 Å². The molecule has 126 valence electrons. The summed E-state index contributed by atoms with van der Waals surface area (Å²) in [6, 6.07) is 4.62. The third-order valence-corrected chi connectivity index (χ3v) is 4.45. The maximum absolute atomic E-state index is 13.0. The molecule has 1 amide bonds. The number of likely N-dealkylation sites (tertiary alicyclic amines) is 1. The Morgan fingerprint density at radius 3 is 2.57 bits per heavy atom. The number of nitrogens with zero attached hydrogens (tertiary/aromatic N) is 1. The van der Waals surface area contributed by atoms with E-state index < -0.39 is 17.6 Å². The lowest BCUT2D eigenvalue weighted by Crippen LogP contribution is -2.50. The minimum absolute atomic E-state index is 0.0412. The minimum atomic E-state index is -4.55. The number of carbonyl (C=O) groups excluding carboxylic acids is 1. The summed E-state index contributed by atoms with van der Waals surface area (Å²) in [6.45, 7) is 2.73. The van der Waals surface area contributed by atoms with Crippen molar-refractivity contribution in [1.82, 2.24) is 10.2 Å². The number of halogens is 3. The van der Waals surface area contributed by atoms with E-state index in [1.807, 2.05) is 0 Å². The van der Waals surface area contributed by atoms with Gasteiger partial charge in [0.2, 0.25) is 0 Å². The molecule has 2 aliphatic rings. The van der Waals surface area contributed by atoms with Crippen molar-refractivity contribution >= 4 is 5.91 Å². The summed E-state index contributed by atoms with van der Waals surface area (Å²) in [7, 11) is 0. The fraction of sp³-hybridized carbons (Fsp3) is 0.562. The quantitative estimate of drug-likeness (QED) is 0.926. The lowest BCUT2D eigenvalue weighted by molar-refractivity contribution is -0.137. The highest BCUT2D eigenvalue weighted by atomic mass is 19.4. The van der Waals surface area contributed by atoms with Crippen LogP contribution in [-0.4, -0.2) is 49.2 Å². The van der Waals surface area contributed by atoms with Crippen molar-refractivity contribution in [1.29, 1.82) is 0 Å². The molecule has 0 radical (unpaired) electrons. The summed E-state index contributed by atoms with van der Waals surface area (Å²) < 4.78 is 44.5. The molecule has 2 fully saturated rings. The first-order valence-corrected chi connectivity index (χ1v) is 7.75. The van der Waals surface area contributed by atoms with E-state index in [4.69, 9.17) is 4.74 Å². The Morgan fingerprint density at radius 1 is 1.17 bits per heavy atom. The SMILES string of the molecule is O=C(N[C@H]1COC[C@@H]1N1CCCC1)c1ccccc1C(F)(F)F. The first kappa shape index (κ1) is 16.3. The Bertz CT molecular complexity index is 571. The highest BCUT2D eigenvalue weighted by Gasteiger charge is 2.38. The van der Waals surface area contributed by atoms with E-state index in [1.54, 1.807) is 0 Å². The summed E-state index contributed by atoms with van der Waals surface area (Å²) in [6.07, 6.45) is -2.34. The van der Waals surface area contributed by atoms with Crippen molar-refractivity contribution in [2.24, 2.45) is 0 Å². The maximum Gasteiger partial charge on any atom is 0.417 e. The van der Waals surface area contributed by atoms with Crippen molar-refractivity contribution in [3.8, 4) is 0 Å². The molecule has 0 aliphatic carbocycles. The third kappa shape index (κ3) is 3.50. The number of nitrogens with one attached hydrogen (secondary N) is 1. The first-order valence-electron chi connectivity index (χ1n) is 7.75. The number of hydrogen-bond donors (Lipinski definition) is 1. The molecule has 2 heterocycles. The second kappa shape index (κ2) is 6.49. The number of alkyl halides is 3. The van der Waals surface area contributed by atoms with Gasteiger partial charge in [0.25, 0.3) is 5.91 Å². The van der Waals surface area contributed by atoms with Gasteiger partial charge in [-0.2, -0.15) is 13.2 Å². The molecule has 0 saturated carbocycles. The number of ether oxygens (including phenoxy) is 1. The highest BCUT2D eigenvalue weighted by molar-refractivity contribution is 5.96. The van der Waals surface area contributed by atoms with E-state index >= 15 is 0 Å². The van der Waals surface area contributed by atoms with Crippen LogP contribution in [0.25, 0.3) is 0 Å². The van der Waals surface area contributed by atoms with Crippen LogP contribution in [0.2, 0.25) is 0 Å². The molecule has 0 spiro atoms. The number of hydrogen-bond acceptors (Lipinski definition) is 3. The van der Waals surface area contributed by atoms with Gasteiger partial charge in [0, 0.05) is 0 Å². The Labute approximate surface area is 132 Å². The van der Waals surface area contributed by atoms with Gasteiger partial charge in [-0.15, -0.1) is 0 Å². The third-order valence-electron chi connectivity index (χ3n) is 4.45. The summed E-state index contributed by atoms with van der Waals surface area (Å²) in [5.74, 6) is -0.697. The van der Waals surface area contributed by atoms with E-state index in [-0.39, 0.29) is 17.6 Å². The number of rotatable bonds is 3. The Balaban J connectivity index is 1.74. The molecule has 0 bridgehead atoms. The van der Waals surface area contributed by atoms with Gasteiger partial charge in [-0.3, -0.25) is 9.69 Å². The monoisotopic (exact) mass is 328 g/mol. The molecule has 1 aromatic carbocycles. The van der Waals surface area contributed by atoms with Crippen LogP contribution in [0.5, 0.6) is 0 Å². The van der Waals surface area contributed by atoms with Gasteiger partial charge in [0.15, 0.2) is 0 Å².